The van der Waals surface area contributed by atoms with E-state index in [2.05, 4.69) is 5.32 Å². The molecule has 0 bridgehead atoms. The molecule has 3 heteroatoms. The van der Waals surface area contributed by atoms with E-state index in [1.54, 1.807) is 0 Å². The van der Waals surface area contributed by atoms with E-state index in [0.717, 1.165) is 32.5 Å². The topological polar surface area (TPSA) is 32.3 Å². The Morgan fingerprint density at radius 3 is 2.77 bits per heavy atom. The number of nitrogens with zero attached hydrogens (tertiary/aromatic N) is 1. The number of hydrogen-bond donors (Lipinski definition) is 1. The summed E-state index contributed by atoms with van der Waals surface area (Å²) in [5, 5.41) is 3.28. The molecule has 1 rings (SSSR count). The molecule has 1 aliphatic rings. The number of amides is 1. The highest BCUT2D eigenvalue weighted by atomic mass is 16.2. The summed E-state index contributed by atoms with van der Waals surface area (Å²) in [5.74, 6) is 0.231. The predicted octanol–water partition coefficient (Wildman–Crippen LogP) is 0.997. The fourth-order valence-electron chi connectivity index (χ4n) is 1.70. The molecule has 1 fully saturated rings. The van der Waals surface area contributed by atoms with E-state index in [1.807, 2.05) is 25.7 Å². The second kappa shape index (κ2) is 4.09. The molecule has 1 heterocycles. The molecular weight excluding hydrogens is 164 g/mol. The number of likely N-dealkylation sites (N-methyl/N-ethyl adjacent to an activating group) is 1. The maximum atomic E-state index is 11.9. The molecule has 76 valence electrons. The molecule has 0 spiro atoms. The summed E-state index contributed by atoms with van der Waals surface area (Å²) < 4.78 is 0. The minimum atomic E-state index is -0.379. The van der Waals surface area contributed by atoms with Crippen molar-refractivity contribution in [3.8, 4) is 0 Å². The van der Waals surface area contributed by atoms with Crippen LogP contribution in [0.25, 0.3) is 0 Å². The zero-order chi connectivity index (χ0) is 9.90. The summed E-state index contributed by atoms with van der Waals surface area (Å²) in [7, 11) is 0. The summed E-state index contributed by atoms with van der Waals surface area (Å²) in [6.45, 7) is 8.66. The van der Waals surface area contributed by atoms with Gasteiger partial charge in [0.1, 0.15) is 0 Å². The molecule has 0 aromatic carbocycles. The Kier molecular flexibility index (Phi) is 3.31. The van der Waals surface area contributed by atoms with Crippen molar-refractivity contribution in [2.24, 2.45) is 0 Å². The van der Waals surface area contributed by atoms with Crippen LogP contribution in [0.5, 0.6) is 0 Å². The van der Waals surface area contributed by atoms with E-state index >= 15 is 0 Å². The van der Waals surface area contributed by atoms with Gasteiger partial charge in [-0.1, -0.05) is 0 Å². The molecule has 0 radical (unpaired) electrons. The van der Waals surface area contributed by atoms with Crippen LogP contribution in [0, 0.1) is 0 Å². The van der Waals surface area contributed by atoms with Gasteiger partial charge in [0.15, 0.2) is 0 Å². The quantitative estimate of drug-likeness (QED) is 0.659. The lowest BCUT2D eigenvalue weighted by molar-refractivity contribution is -0.137. The van der Waals surface area contributed by atoms with Crippen molar-refractivity contribution in [2.75, 3.05) is 19.6 Å². The van der Waals surface area contributed by atoms with Gasteiger partial charge in [0.2, 0.25) is 5.91 Å². The normalized spacial score (nSPS) is 23.9. The zero-order valence-corrected chi connectivity index (χ0v) is 8.89. The fourth-order valence-corrected chi connectivity index (χ4v) is 1.70. The Labute approximate surface area is 80.5 Å². The van der Waals surface area contributed by atoms with E-state index in [4.69, 9.17) is 0 Å². The molecule has 0 atom stereocenters. The molecule has 0 aliphatic carbocycles. The molecule has 13 heavy (non-hydrogen) atoms. The van der Waals surface area contributed by atoms with Crippen LogP contribution in [0.2, 0.25) is 0 Å². The average molecular weight is 184 g/mol. The van der Waals surface area contributed by atoms with Gasteiger partial charge in [-0.15, -0.1) is 0 Å². The van der Waals surface area contributed by atoms with Gasteiger partial charge in [0.05, 0.1) is 5.54 Å². The van der Waals surface area contributed by atoms with Gasteiger partial charge in [0.25, 0.3) is 0 Å². The summed E-state index contributed by atoms with van der Waals surface area (Å²) >= 11 is 0. The number of rotatable bonds is 1. The Hall–Kier alpha value is -0.570. The number of hydrogen-bond acceptors (Lipinski definition) is 2. The van der Waals surface area contributed by atoms with Crippen molar-refractivity contribution >= 4 is 5.91 Å². The van der Waals surface area contributed by atoms with Gasteiger partial charge in [-0.3, -0.25) is 4.79 Å². The third kappa shape index (κ3) is 2.44. The Morgan fingerprint density at radius 2 is 2.15 bits per heavy atom. The zero-order valence-electron chi connectivity index (χ0n) is 8.89. The van der Waals surface area contributed by atoms with Crippen molar-refractivity contribution in [3.05, 3.63) is 0 Å². The van der Waals surface area contributed by atoms with Crippen molar-refractivity contribution in [1.29, 1.82) is 0 Å². The van der Waals surface area contributed by atoms with Gasteiger partial charge < -0.3 is 10.2 Å². The highest BCUT2D eigenvalue weighted by molar-refractivity contribution is 5.85. The Balaban J connectivity index is 2.70. The fraction of sp³-hybridized carbons (Fsp3) is 0.900. The van der Waals surface area contributed by atoms with Gasteiger partial charge in [0, 0.05) is 13.1 Å². The summed E-state index contributed by atoms with van der Waals surface area (Å²) in [4.78, 5) is 13.9. The van der Waals surface area contributed by atoms with Gasteiger partial charge in [-0.25, -0.2) is 0 Å². The SMILES string of the molecule is CCN1CCCCNC(C)(C)C1=O. The first-order valence-electron chi connectivity index (χ1n) is 5.12. The monoisotopic (exact) mass is 184 g/mol. The van der Waals surface area contributed by atoms with E-state index in [-0.39, 0.29) is 11.4 Å². The van der Waals surface area contributed by atoms with Gasteiger partial charge in [-0.05, 0) is 40.2 Å². The van der Waals surface area contributed by atoms with Crippen LogP contribution in [0.3, 0.4) is 0 Å². The number of carbonyl (C=O) groups is 1. The Bertz CT molecular complexity index is 189. The van der Waals surface area contributed by atoms with E-state index in [1.165, 1.54) is 0 Å². The van der Waals surface area contributed by atoms with Crippen LogP contribution < -0.4 is 5.32 Å². The second-order valence-corrected chi connectivity index (χ2v) is 4.14. The van der Waals surface area contributed by atoms with Gasteiger partial charge in [-0.2, -0.15) is 0 Å². The van der Waals surface area contributed by atoms with Crippen LogP contribution >= 0.6 is 0 Å². The minimum absolute atomic E-state index is 0.231. The van der Waals surface area contributed by atoms with Crippen LogP contribution in [-0.4, -0.2) is 36.0 Å². The number of carbonyl (C=O) groups excluding carboxylic acids is 1. The number of nitrogens with one attached hydrogen (secondary N) is 1. The minimum Gasteiger partial charge on any atom is -0.341 e. The third-order valence-electron chi connectivity index (χ3n) is 2.63. The first-order chi connectivity index (χ1) is 6.08. The summed E-state index contributed by atoms with van der Waals surface area (Å²) in [6.07, 6.45) is 2.27. The maximum absolute atomic E-state index is 11.9. The largest absolute Gasteiger partial charge is 0.341 e. The average Bonchev–Trinajstić information content (AvgIpc) is 2.08. The highest BCUT2D eigenvalue weighted by Crippen LogP contribution is 2.11. The predicted molar refractivity (Wildman–Crippen MR) is 53.6 cm³/mol. The first-order valence-corrected chi connectivity index (χ1v) is 5.12. The standard InChI is InChI=1S/C10H20N2O/c1-4-12-8-6-5-7-11-10(2,3)9(12)13/h11H,4-8H2,1-3H3. The van der Waals surface area contributed by atoms with E-state index in [9.17, 15) is 4.79 Å². The Morgan fingerprint density at radius 1 is 1.46 bits per heavy atom. The highest BCUT2D eigenvalue weighted by Gasteiger charge is 2.31. The lowest BCUT2D eigenvalue weighted by Gasteiger charge is -2.34. The first kappa shape index (κ1) is 10.5. The lowest BCUT2D eigenvalue weighted by Crippen LogP contribution is -2.55. The molecule has 1 amide bonds. The second-order valence-electron chi connectivity index (χ2n) is 4.14. The van der Waals surface area contributed by atoms with Crippen molar-refractivity contribution in [2.45, 2.75) is 39.2 Å². The van der Waals surface area contributed by atoms with Crippen molar-refractivity contribution in [3.63, 3.8) is 0 Å². The van der Waals surface area contributed by atoms with Gasteiger partial charge >= 0.3 is 0 Å². The summed E-state index contributed by atoms with van der Waals surface area (Å²) in [5.41, 5.74) is -0.379. The van der Waals surface area contributed by atoms with E-state index in [0.29, 0.717) is 0 Å². The molecule has 0 unspecified atom stereocenters. The molecule has 1 N–H and O–H groups in total. The van der Waals surface area contributed by atoms with Crippen LogP contribution in [-0.2, 0) is 4.79 Å². The van der Waals surface area contributed by atoms with E-state index < -0.39 is 0 Å². The summed E-state index contributed by atoms with van der Waals surface area (Å²) in [6, 6.07) is 0. The van der Waals surface area contributed by atoms with Crippen molar-refractivity contribution < 1.29 is 4.79 Å². The smallest absolute Gasteiger partial charge is 0.242 e. The lowest BCUT2D eigenvalue weighted by atomic mass is 10.0. The van der Waals surface area contributed by atoms with Crippen LogP contribution in [0.4, 0.5) is 0 Å². The molecule has 3 nitrogen and oxygen atoms in total. The molecule has 0 aromatic heterocycles. The third-order valence-corrected chi connectivity index (χ3v) is 2.63. The molecule has 1 aliphatic heterocycles. The maximum Gasteiger partial charge on any atom is 0.242 e. The van der Waals surface area contributed by atoms with Crippen LogP contribution in [0.1, 0.15) is 33.6 Å². The van der Waals surface area contributed by atoms with Crippen molar-refractivity contribution in [1.82, 2.24) is 10.2 Å². The molecule has 1 saturated heterocycles. The molecule has 0 aromatic rings. The molecule has 0 saturated carbocycles. The molecular formula is C10H20N2O. The van der Waals surface area contributed by atoms with Crippen LogP contribution in [0.15, 0.2) is 0 Å².